The second kappa shape index (κ2) is 7.35. The number of hydrogen-bond donors (Lipinski definition) is 1. The molecule has 1 N–H and O–H groups in total. The van der Waals surface area contributed by atoms with Crippen LogP contribution in [-0.2, 0) is 17.6 Å². The second-order valence-electron chi connectivity index (χ2n) is 6.23. The van der Waals surface area contributed by atoms with Crippen LogP contribution >= 0.6 is 0 Å². The maximum Gasteiger partial charge on any atom is 0.276 e. The Morgan fingerprint density at radius 3 is 2.62 bits per heavy atom. The van der Waals surface area contributed by atoms with Crippen molar-refractivity contribution >= 4 is 28.4 Å². The van der Waals surface area contributed by atoms with Gasteiger partial charge in [0.05, 0.1) is 10.5 Å². The van der Waals surface area contributed by atoms with Crippen LogP contribution in [0.4, 0.5) is 5.69 Å². The number of carbonyl (C=O) groups is 1. The first kappa shape index (κ1) is 17.6. The summed E-state index contributed by atoms with van der Waals surface area (Å²) in [6.45, 7) is 3.59. The molecule has 0 radical (unpaired) electrons. The number of carbonyl (C=O) groups excluding carboxylic acids is 1. The van der Waals surface area contributed by atoms with Gasteiger partial charge in [-0.1, -0.05) is 37.3 Å². The number of aromatic amines is 1. The predicted molar refractivity (Wildman–Crippen MR) is 103 cm³/mol. The smallest absolute Gasteiger partial charge is 0.276 e. The van der Waals surface area contributed by atoms with E-state index in [1.54, 1.807) is 24.3 Å². The molecule has 5 heteroatoms. The van der Waals surface area contributed by atoms with E-state index in [2.05, 4.69) is 18.0 Å². The molecule has 0 amide bonds. The molecule has 0 aliphatic heterocycles. The first-order valence-electron chi connectivity index (χ1n) is 8.54. The highest BCUT2D eigenvalue weighted by Crippen LogP contribution is 2.27. The van der Waals surface area contributed by atoms with Crippen molar-refractivity contribution < 1.29 is 9.72 Å². The van der Waals surface area contributed by atoms with E-state index in [0.717, 1.165) is 22.9 Å². The summed E-state index contributed by atoms with van der Waals surface area (Å²) in [6, 6.07) is 12.6. The molecule has 0 spiro atoms. The quantitative estimate of drug-likeness (QED) is 0.393. The van der Waals surface area contributed by atoms with E-state index in [4.69, 9.17) is 0 Å². The van der Waals surface area contributed by atoms with Crippen LogP contribution in [-0.4, -0.2) is 15.7 Å². The van der Waals surface area contributed by atoms with Gasteiger partial charge in [0.15, 0.2) is 5.78 Å². The summed E-state index contributed by atoms with van der Waals surface area (Å²) >= 11 is 0. The molecule has 3 aromatic rings. The van der Waals surface area contributed by atoms with Gasteiger partial charge >= 0.3 is 0 Å². The SMILES string of the molecule is CCc1cccc2c(C/C(=C/c3ccccc3[N+](=O)[O-])C(C)=O)c[nH]c12. The maximum absolute atomic E-state index is 12.2. The highest BCUT2D eigenvalue weighted by atomic mass is 16.6. The lowest BCUT2D eigenvalue weighted by atomic mass is 9.98. The summed E-state index contributed by atoms with van der Waals surface area (Å²) in [5.41, 5.74) is 4.30. The zero-order valence-electron chi connectivity index (χ0n) is 14.8. The summed E-state index contributed by atoms with van der Waals surface area (Å²) in [5.74, 6) is -0.0934. The molecule has 5 nitrogen and oxygen atoms in total. The number of para-hydroxylation sites is 2. The number of nitro groups is 1. The number of nitrogens with zero attached hydrogens (tertiary/aromatic N) is 1. The molecule has 1 aromatic heterocycles. The summed E-state index contributed by atoms with van der Waals surface area (Å²) in [7, 11) is 0. The Balaban J connectivity index is 2.04. The van der Waals surface area contributed by atoms with Gasteiger partial charge in [0.1, 0.15) is 0 Å². The molecule has 0 bridgehead atoms. The van der Waals surface area contributed by atoms with Crippen LogP contribution in [0.1, 0.15) is 30.5 Å². The fraction of sp³-hybridized carbons (Fsp3) is 0.190. The number of benzene rings is 2. The largest absolute Gasteiger partial charge is 0.361 e. The Morgan fingerprint density at radius 1 is 1.15 bits per heavy atom. The molecule has 0 saturated heterocycles. The van der Waals surface area contributed by atoms with Gasteiger partial charge in [0.2, 0.25) is 0 Å². The predicted octanol–water partition coefficient (Wildman–Crippen LogP) is 4.85. The van der Waals surface area contributed by atoms with Crippen LogP contribution in [0.25, 0.3) is 17.0 Å². The Morgan fingerprint density at radius 2 is 1.92 bits per heavy atom. The van der Waals surface area contributed by atoms with Crippen LogP contribution in [0.15, 0.2) is 54.2 Å². The van der Waals surface area contributed by atoms with Crippen molar-refractivity contribution in [3.8, 4) is 0 Å². The summed E-state index contributed by atoms with van der Waals surface area (Å²) in [6.07, 6.45) is 4.89. The monoisotopic (exact) mass is 348 g/mol. The zero-order chi connectivity index (χ0) is 18.7. The van der Waals surface area contributed by atoms with E-state index in [1.165, 1.54) is 18.6 Å². The van der Waals surface area contributed by atoms with E-state index in [9.17, 15) is 14.9 Å². The molecule has 0 atom stereocenters. The van der Waals surface area contributed by atoms with E-state index >= 15 is 0 Å². The first-order valence-corrected chi connectivity index (χ1v) is 8.54. The van der Waals surface area contributed by atoms with Crippen molar-refractivity contribution in [2.75, 3.05) is 0 Å². The molecule has 1 heterocycles. The number of hydrogen-bond acceptors (Lipinski definition) is 3. The first-order chi connectivity index (χ1) is 12.5. The zero-order valence-corrected chi connectivity index (χ0v) is 14.8. The van der Waals surface area contributed by atoms with Gasteiger partial charge in [-0.05, 0) is 36.6 Å². The van der Waals surface area contributed by atoms with Crippen molar-refractivity contribution in [3.63, 3.8) is 0 Å². The molecule has 0 unspecified atom stereocenters. The van der Waals surface area contributed by atoms with Crippen molar-refractivity contribution in [3.05, 3.63) is 81.0 Å². The number of nitrogens with one attached hydrogen (secondary N) is 1. The third-order valence-corrected chi connectivity index (χ3v) is 4.56. The average molecular weight is 348 g/mol. The lowest BCUT2D eigenvalue weighted by molar-refractivity contribution is -0.385. The van der Waals surface area contributed by atoms with Crippen LogP contribution in [0, 0.1) is 10.1 Å². The molecular formula is C21H20N2O3. The molecule has 26 heavy (non-hydrogen) atoms. The minimum absolute atomic E-state index is 0.00144. The number of fused-ring (bicyclic) bond motifs is 1. The molecular weight excluding hydrogens is 328 g/mol. The number of aromatic nitrogens is 1. The van der Waals surface area contributed by atoms with Crippen molar-refractivity contribution in [2.45, 2.75) is 26.7 Å². The van der Waals surface area contributed by atoms with Crippen LogP contribution in [0.2, 0.25) is 0 Å². The third kappa shape index (κ3) is 3.42. The Labute approximate surface area is 151 Å². The van der Waals surface area contributed by atoms with Crippen LogP contribution in [0.5, 0.6) is 0 Å². The number of allylic oxidation sites excluding steroid dienone is 1. The van der Waals surface area contributed by atoms with E-state index in [0.29, 0.717) is 17.6 Å². The van der Waals surface area contributed by atoms with Gasteiger partial charge in [0, 0.05) is 35.2 Å². The highest BCUT2D eigenvalue weighted by Gasteiger charge is 2.15. The van der Waals surface area contributed by atoms with Crippen molar-refractivity contribution in [1.29, 1.82) is 0 Å². The minimum atomic E-state index is -0.428. The molecule has 3 rings (SSSR count). The maximum atomic E-state index is 12.2. The average Bonchev–Trinajstić information content (AvgIpc) is 3.04. The van der Waals surface area contributed by atoms with Gasteiger partial charge in [-0.2, -0.15) is 0 Å². The van der Waals surface area contributed by atoms with Crippen molar-refractivity contribution in [2.24, 2.45) is 0 Å². The van der Waals surface area contributed by atoms with E-state index in [-0.39, 0.29) is 11.5 Å². The number of aryl methyl sites for hydroxylation is 1. The van der Waals surface area contributed by atoms with Gasteiger partial charge < -0.3 is 4.98 Å². The topological polar surface area (TPSA) is 76.0 Å². The number of Topliss-reactive ketones (excluding diaryl/α,β-unsaturated/α-hetero) is 1. The molecule has 0 aliphatic rings. The normalized spacial score (nSPS) is 11.7. The summed E-state index contributed by atoms with van der Waals surface area (Å²) in [5, 5.41) is 12.3. The Hall–Kier alpha value is -3.21. The molecule has 0 aliphatic carbocycles. The summed E-state index contributed by atoms with van der Waals surface area (Å²) in [4.78, 5) is 26.3. The molecule has 132 valence electrons. The molecule has 0 saturated carbocycles. The second-order valence-corrected chi connectivity index (χ2v) is 6.23. The van der Waals surface area contributed by atoms with Gasteiger partial charge in [-0.3, -0.25) is 14.9 Å². The Bertz CT molecular complexity index is 1020. The van der Waals surface area contributed by atoms with Crippen LogP contribution in [0.3, 0.4) is 0 Å². The summed E-state index contributed by atoms with van der Waals surface area (Å²) < 4.78 is 0. The minimum Gasteiger partial charge on any atom is -0.361 e. The molecule has 0 fully saturated rings. The number of nitro benzene ring substituents is 1. The standard InChI is InChI=1S/C21H20N2O3/c1-3-15-8-6-9-19-18(13-22-21(15)19)12-17(14(2)24)11-16-7-4-5-10-20(16)23(25)26/h4-11,13,22H,3,12H2,1-2H3/b17-11-. The third-order valence-electron chi connectivity index (χ3n) is 4.56. The van der Waals surface area contributed by atoms with Gasteiger partial charge in [-0.25, -0.2) is 0 Å². The molecule has 2 aromatic carbocycles. The Kier molecular flexibility index (Phi) is 4.98. The number of ketones is 1. The van der Waals surface area contributed by atoms with E-state index < -0.39 is 4.92 Å². The number of H-pyrrole nitrogens is 1. The highest BCUT2D eigenvalue weighted by molar-refractivity contribution is 5.99. The van der Waals surface area contributed by atoms with E-state index in [1.807, 2.05) is 18.3 Å². The lowest BCUT2D eigenvalue weighted by Crippen LogP contribution is -2.01. The van der Waals surface area contributed by atoms with Crippen LogP contribution < -0.4 is 0 Å². The van der Waals surface area contributed by atoms with Crippen molar-refractivity contribution in [1.82, 2.24) is 4.98 Å². The fourth-order valence-electron chi connectivity index (χ4n) is 3.16. The van der Waals surface area contributed by atoms with Gasteiger partial charge in [0.25, 0.3) is 5.69 Å². The fourth-order valence-corrected chi connectivity index (χ4v) is 3.16. The number of rotatable bonds is 6. The van der Waals surface area contributed by atoms with Gasteiger partial charge in [-0.15, -0.1) is 0 Å². The lowest BCUT2D eigenvalue weighted by Gasteiger charge is -2.05.